The Morgan fingerprint density at radius 2 is 1.14 bits per heavy atom. The maximum Gasteiger partial charge on any atom is 0.136 e. The van der Waals surface area contributed by atoms with Crippen molar-refractivity contribution in [2.45, 2.75) is 41.5 Å². The second kappa shape index (κ2) is 9.06. The van der Waals surface area contributed by atoms with Crippen LogP contribution in [0.25, 0.3) is 0 Å². The Kier molecular flexibility index (Phi) is 7.41. The molecule has 22 heavy (non-hydrogen) atoms. The molecule has 0 spiro atoms. The van der Waals surface area contributed by atoms with Crippen LogP contribution in [-0.2, 0) is 0 Å². The van der Waals surface area contributed by atoms with Crippen LogP contribution < -0.4 is 9.47 Å². The minimum atomic E-state index is 0.458. The summed E-state index contributed by atoms with van der Waals surface area (Å²) in [4.78, 5) is 0. The van der Waals surface area contributed by atoms with E-state index in [1.54, 1.807) is 0 Å². The largest absolute Gasteiger partial charge is 0.492 e. The van der Waals surface area contributed by atoms with Crippen LogP contribution in [-0.4, -0.2) is 13.2 Å². The molecule has 0 saturated carbocycles. The highest BCUT2D eigenvalue weighted by atomic mass is 16.5. The molecule has 0 heterocycles. The van der Waals surface area contributed by atoms with Crippen LogP contribution in [0.15, 0.2) is 12.1 Å². The van der Waals surface area contributed by atoms with E-state index < -0.39 is 0 Å². The van der Waals surface area contributed by atoms with E-state index in [1.807, 2.05) is 26.0 Å². The molecule has 1 aromatic rings. The summed E-state index contributed by atoms with van der Waals surface area (Å²) in [5, 5.41) is 0. The van der Waals surface area contributed by atoms with Crippen LogP contribution in [0, 0.1) is 35.5 Å². The Hall–Kier alpha value is -2.06. The zero-order chi connectivity index (χ0) is 16.5. The van der Waals surface area contributed by atoms with E-state index in [9.17, 15) is 0 Å². The van der Waals surface area contributed by atoms with E-state index in [2.05, 4.69) is 51.4 Å². The van der Waals surface area contributed by atoms with Gasteiger partial charge in [0, 0.05) is 12.1 Å². The Labute approximate surface area is 135 Å². The molecule has 0 aliphatic rings. The van der Waals surface area contributed by atoms with Crippen LogP contribution in [0.5, 0.6) is 11.5 Å². The molecular weight excluding hydrogens is 272 g/mol. The predicted octanol–water partition coefficient (Wildman–Crippen LogP) is 4.50. The molecule has 0 unspecified atom stereocenters. The topological polar surface area (TPSA) is 18.5 Å². The van der Waals surface area contributed by atoms with Crippen molar-refractivity contribution in [3.8, 4) is 35.2 Å². The van der Waals surface area contributed by atoms with Crippen molar-refractivity contribution < 1.29 is 9.47 Å². The summed E-state index contributed by atoms with van der Waals surface area (Å²) in [6.45, 7) is 13.4. The van der Waals surface area contributed by atoms with E-state index in [1.165, 1.54) is 0 Å². The number of benzene rings is 1. The first-order valence-corrected chi connectivity index (χ1v) is 7.77. The Morgan fingerprint density at radius 3 is 1.41 bits per heavy atom. The molecule has 0 N–H and O–H groups in total. The number of hydrogen-bond acceptors (Lipinski definition) is 2. The van der Waals surface area contributed by atoms with Gasteiger partial charge in [-0.15, -0.1) is 11.8 Å². The van der Waals surface area contributed by atoms with Gasteiger partial charge < -0.3 is 9.47 Å². The van der Waals surface area contributed by atoms with Gasteiger partial charge in [0.1, 0.15) is 11.5 Å². The number of ether oxygens (including phenoxy) is 2. The van der Waals surface area contributed by atoms with Crippen LogP contribution in [0.1, 0.15) is 52.7 Å². The van der Waals surface area contributed by atoms with E-state index in [0.29, 0.717) is 25.0 Å². The van der Waals surface area contributed by atoms with Crippen molar-refractivity contribution in [2.75, 3.05) is 13.2 Å². The summed E-state index contributed by atoms with van der Waals surface area (Å²) in [7, 11) is 0. The van der Waals surface area contributed by atoms with Gasteiger partial charge in [0.25, 0.3) is 0 Å². The zero-order valence-corrected chi connectivity index (χ0v) is 14.5. The van der Waals surface area contributed by atoms with Crippen molar-refractivity contribution >= 4 is 0 Å². The fourth-order valence-electron chi connectivity index (χ4n) is 1.78. The van der Waals surface area contributed by atoms with Crippen molar-refractivity contribution in [3.63, 3.8) is 0 Å². The maximum atomic E-state index is 5.89. The fraction of sp³-hybridized carbons (Fsp3) is 0.500. The monoisotopic (exact) mass is 298 g/mol. The molecular formula is C20H26O2. The van der Waals surface area contributed by atoms with Crippen LogP contribution in [0.2, 0.25) is 0 Å². The summed E-state index contributed by atoms with van der Waals surface area (Å²) < 4.78 is 11.8. The van der Waals surface area contributed by atoms with Gasteiger partial charge >= 0.3 is 0 Å². The van der Waals surface area contributed by atoms with Gasteiger partial charge in [0.05, 0.1) is 24.3 Å². The van der Waals surface area contributed by atoms with Crippen LogP contribution >= 0.6 is 0 Å². The molecule has 1 aromatic carbocycles. The standard InChI is InChI=1S/C20H26O2/c1-7-9-17-11-20(22-14-16(5)6)18(10-8-2)12-19(17)21-13-15(3)4/h11-12,15-16H,13-14H2,1-6H3. The van der Waals surface area contributed by atoms with Crippen molar-refractivity contribution in [1.82, 2.24) is 0 Å². The highest BCUT2D eigenvalue weighted by molar-refractivity contribution is 5.58. The third-order valence-electron chi connectivity index (χ3n) is 2.75. The number of hydrogen-bond donors (Lipinski definition) is 0. The number of rotatable bonds is 6. The summed E-state index contributed by atoms with van der Waals surface area (Å²) in [5.41, 5.74) is 1.70. The van der Waals surface area contributed by atoms with E-state index in [-0.39, 0.29) is 0 Å². The quantitative estimate of drug-likeness (QED) is 0.720. The Morgan fingerprint density at radius 1 is 0.773 bits per heavy atom. The SMILES string of the molecule is CC#Cc1cc(OCC(C)C)c(C#CC)cc1OCC(C)C. The predicted molar refractivity (Wildman–Crippen MR) is 92.2 cm³/mol. The smallest absolute Gasteiger partial charge is 0.136 e. The lowest BCUT2D eigenvalue weighted by Crippen LogP contribution is -2.08. The maximum absolute atomic E-state index is 5.89. The van der Waals surface area contributed by atoms with Crippen LogP contribution in [0.3, 0.4) is 0 Å². The lowest BCUT2D eigenvalue weighted by Gasteiger charge is -2.15. The first-order valence-electron chi connectivity index (χ1n) is 7.77. The molecule has 0 amide bonds. The minimum absolute atomic E-state index is 0.458. The van der Waals surface area contributed by atoms with E-state index >= 15 is 0 Å². The summed E-state index contributed by atoms with van der Waals surface area (Å²) in [5.74, 6) is 14.5. The normalized spacial score (nSPS) is 9.82. The average Bonchev–Trinajstić information content (AvgIpc) is 2.45. The first kappa shape index (κ1) is 18.0. The van der Waals surface area contributed by atoms with Gasteiger partial charge in [0.2, 0.25) is 0 Å². The molecule has 0 saturated heterocycles. The second-order valence-corrected chi connectivity index (χ2v) is 6.00. The molecule has 0 radical (unpaired) electrons. The lowest BCUT2D eigenvalue weighted by atomic mass is 10.1. The average molecular weight is 298 g/mol. The molecule has 1 rings (SSSR count). The van der Waals surface area contributed by atoms with E-state index in [0.717, 1.165) is 22.6 Å². The molecule has 118 valence electrons. The van der Waals surface area contributed by atoms with Crippen LogP contribution in [0.4, 0.5) is 0 Å². The molecule has 0 aliphatic carbocycles. The summed E-state index contributed by atoms with van der Waals surface area (Å²) in [6, 6.07) is 3.88. The van der Waals surface area contributed by atoms with Crippen molar-refractivity contribution in [3.05, 3.63) is 23.3 Å². The molecule has 0 bridgehead atoms. The van der Waals surface area contributed by atoms with Crippen molar-refractivity contribution in [1.29, 1.82) is 0 Å². The summed E-state index contributed by atoms with van der Waals surface area (Å²) in [6.07, 6.45) is 0. The van der Waals surface area contributed by atoms with Crippen molar-refractivity contribution in [2.24, 2.45) is 11.8 Å². The van der Waals surface area contributed by atoms with Gasteiger partial charge in [-0.1, -0.05) is 39.5 Å². The van der Waals surface area contributed by atoms with Gasteiger partial charge in [-0.25, -0.2) is 0 Å². The third kappa shape index (κ3) is 5.74. The molecule has 0 aliphatic heterocycles. The highest BCUT2D eigenvalue weighted by Gasteiger charge is 2.11. The third-order valence-corrected chi connectivity index (χ3v) is 2.75. The molecule has 0 fully saturated rings. The lowest BCUT2D eigenvalue weighted by molar-refractivity contribution is 0.263. The molecule has 0 atom stereocenters. The molecule has 2 nitrogen and oxygen atoms in total. The summed E-state index contributed by atoms with van der Waals surface area (Å²) >= 11 is 0. The minimum Gasteiger partial charge on any atom is -0.492 e. The van der Waals surface area contributed by atoms with Gasteiger partial charge in [0.15, 0.2) is 0 Å². The molecule has 2 heteroatoms. The fourth-order valence-corrected chi connectivity index (χ4v) is 1.78. The van der Waals surface area contributed by atoms with Gasteiger partial charge in [-0.2, -0.15) is 0 Å². The Bertz CT molecular complexity index is 549. The molecule has 0 aromatic heterocycles. The van der Waals surface area contributed by atoms with Gasteiger partial charge in [-0.3, -0.25) is 0 Å². The Balaban J connectivity index is 3.22. The highest BCUT2D eigenvalue weighted by Crippen LogP contribution is 2.29. The first-order chi connectivity index (χ1) is 10.5. The zero-order valence-electron chi connectivity index (χ0n) is 14.5. The second-order valence-electron chi connectivity index (χ2n) is 6.00. The van der Waals surface area contributed by atoms with Gasteiger partial charge in [-0.05, 0) is 25.7 Å². The van der Waals surface area contributed by atoms with E-state index in [4.69, 9.17) is 9.47 Å².